The Morgan fingerprint density at radius 3 is 2.81 bits per heavy atom. The van der Waals surface area contributed by atoms with Crippen LogP contribution in [0.1, 0.15) is 19.4 Å². The van der Waals surface area contributed by atoms with Gasteiger partial charge in [-0.15, -0.1) is 0 Å². The molecule has 1 heterocycles. The van der Waals surface area contributed by atoms with Crippen molar-refractivity contribution < 1.29 is 4.74 Å². The van der Waals surface area contributed by atoms with E-state index in [2.05, 4.69) is 10.3 Å². The molecule has 0 radical (unpaired) electrons. The molecular formula is C11H18N4O. The normalized spacial score (nSPS) is 8.62. The Morgan fingerprint density at radius 2 is 2.25 bits per heavy atom. The second-order valence-corrected chi connectivity index (χ2v) is 2.69. The second-order valence-electron chi connectivity index (χ2n) is 2.69. The van der Waals surface area contributed by atoms with Crippen molar-refractivity contribution in [2.24, 2.45) is 0 Å². The minimum atomic E-state index is 0.393. The van der Waals surface area contributed by atoms with E-state index in [1.54, 1.807) is 13.2 Å². The number of rotatable bonds is 4. The molecule has 0 amide bonds. The predicted molar refractivity (Wildman–Crippen MR) is 65.1 cm³/mol. The molecule has 1 aromatic rings. The van der Waals surface area contributed by atoms with Crippen LogP contribution in [0.5, 0.6) is 0 Å². The lowest BCUT2D eigenvalue weighted by atomic mass is 10.2. The summed E-state index contributed by atoms with van der Waals surface area (Å²) >= 11 is 0. The first-order valence-electron chi connectivity index (χ1n) is 5.16. The number of anilines is 2. The summed E-state index contributed by atoms with van der Waals surface area (Å²) in [6.45, 7) is 5.21. The molecule has 88 valence electrons. The topological polar surface area (TPSA) is 84.0 Å². The van der Waals surface area contributed by atoms with Crippen LogP contribution < -0.4 is 11.1 Å². The number of nitrogens with two attached hydrogens (primary N) is 1. The van der Waals surface area contributed by atoms with Crippen molar-refractivity contribution in [2.75, 3.05) is 31.3 Å². The first-order chi connectivity index (χ1) is 7.77. The Kier molecular flexibility index (Phi) is 7.55. The molecule has 0 aromatic carbocycles. The molecule has 0 saturated carbocycles. The van der Waals surface area contributed by atoms with E-state index in [0.29, 0.717) is 30.2 Å². The maximum absolute atomic E-state index is 8.76. The van der Waals surface area contributed by atoms with Gasteiger partial charge in [0.15, 0.2) is 0 Å². The van der Waals surface area contributed by atoms with E-state index in [9.17, 15) is 0 Å². The molecule has 0 saturated heterocycles. The van der Waals surface area contributed by atoms with Crippen molar-refractivity contribution in [1.82, 2.24) is 4.98 Å². The van der Waals surface area contributed by atoms with E-state index >= 15 is 0 Å². The number of hydrogen-bond donors (Lipinski definition) is 2. The fourth-order valence-electron chi connectivity index (χ4n) is 0.995. The van der Waals surface area contributed by atoms with E-state index < -0.39 is 0 Å². The fourth-order valence-corrected chi connectivity index (χ4v) is 0.995. The highest BCUT2D eigenvalue weighted by Crippen LogP contribution is 2.15. The predicted octanol–water partition coefficient (Wildman–Crippen LogP) is 1.62. The van der Waals surface area contributed by atoms with Gasteiger partial charge in [-0.2, -0.15) is 5.26 Å². The van der Waals surface area contributed by atoms with Gasteiger partial charge in [-0.25, -0.2) is 4.98 Å². The highest BCUT2D eigenvalue weighted by molar-refractivity contribution is 5.60. The van der Waals surface area contributed by atoms with Crippen LogP contribution >= 0.6 is 0 Å². The highest BCUT2D eigenvalue weighted by Gasteiger charge is 2.01. The molecule has 0 aliphatic heterocycles. The summed E-state index contributed by atoms with van der Waals surface area (Å²) in [5.41, 5.74) is 6.67. The van der Waals surface area contributed by atoms with Gasteiger partial charge in [0, 0.05) is 25.9 Å². The summed E-state index contributed by atoms with van der Waals surface area (Å²) in [7, 11) is 1.62. The molecule has 5 nitrogen and oxygen atoms in total. The Labute approximate surface area is 96.2 Å². The highest BCUT2D eigenvalue weighted by atomic mass is 16.5. The van der Waals surface area contributed by atoms with E-state index in [4.69, 9.17) is 15.7 Å². The van der Waals surface area contributed by atoms with Gasteiger partial charge in [-0.3, -0.25) is 0 Å². The van der Waals surface area contributed by atoms with Gasteiger partial charge in [0.2, 0.25) is 0 Å². The largest absolute Gasteiger partial charge is 0.384 e. The molecule has 0 atom stereocenters. The molecule has 0 bridgehead atoms. The molecule has 0 unspecified atom stereocenters. The number of ether oxygens (including phenoxy) is 1. The third kappa shape index (κ3) is 4.62. The summed E-state index contributed by atoms with van der Waals surface area (Å²) < 4.78 is 4.88. The zero-order chi connectivity index (χ0) is 12.4. The van der Waals surface area contributed by atoms with Crippen LogP contribution in [0.2, 0.25) is 0 Å². The molecule has 16 heavy (non-hydrogen) atoms. The molecule has 0 spiro atoms. The molecule has 5 heteroatoms. The maximum Gasteiger partial charge on any atom is 0.125 e. The van der Waals surface area contributed by atoms with E-state index in [1.165, 1.54) is 6.20 Å². The van der Waals surface area contributed by atoms with Crippen LogP contribution in [-0.4, -0.2) is 25.2 Å². The number of pyridine rings is 1. The zero-order valence-corrected chi connectivity index (χ0v) is 9.95. The fraction of sp³-hybridized carbons (Fsp3) is 0.455. The van der Waals surface area contributed by atoms with Crippen LogP contribution in [0.4, 0.5) is 11.5 Å². The summed E-state index contributed by atoms with van der Waals surface area (Å²) in [4.78, 5) is 3.82. The smallest absolute Gasteiger partial charge is 0.125 e. The SMILES string of the molecule is CC.COCCNc1cc(N)ncc1C#N. The van der Waals surface area contributed by atoms with Crippen molar-refractivity contribution >= 4 is 11.5 Å². The molecular weight excluding hydrogens is 204 g/mol. The first-order valence-corrected chi connectivity index (χ1v) is 5.16. The van der Waals surface area contributed by atoms with E-state index in [1.807, 2.05) is 19.9 Å². The van der Waals surface area contributed by atoms with Crippen molar-refractivity contribution in [2.45, 2.75) is 13.8 Å². The minimum absolute atomic E-state index is 0.393. The van der Waals surface area contributed by atoms with Gasteiger partial charge >= 0.3 is 0 Å². The standard InChI is InChI=1S/C9H12N4O.C2H6/c1-14-3-2-12-8-4-9(11)13-6-7(8)5-10;1-2/h4,6H,2-3H2,1H3,(H3,11,12,13);1-2H3. The van der Waals surface area contributed by atoms with Gasteiger partial charge in [0.05, 0.1) is 17.9 Å². The van der Waals surface area contributed by atoms with Crippen LogP contribution in [-0.2, 0) is 4.74 Å². The van der Waals surface area contributed by atoms with Crippen molar-refractivity contribution in [3.63, 3.8) is 0 Å². The Bertz CT molecular complexity index is 346. The second kappa shape index (κ2) is 8.50. The average Bonchev–Trinajstić information content (AvgIpc) is 2.32. The van der Waals surface area contributed by atoms with Gasteiger partial charge in [0.25, 0.3) is 0 Å². The van der Waals surface area contributed by atoms with Crippen LogP contribution in [0.15, 0.2) is 12.3 Å². The monoisotopic (exact) mass is 222 g/mol. The Hall–Kier alpha value is -1.80. The third-order valence-corrected chi connectivity index (χ3v) is 1.67. The summed E-state index contributed by atoms with van der Waals surface area (Å²) in [6, 6.07) is 3.66. The number of methoxy groups -OCH3 is 1. The lowest BCUT2D eigenvalue weighted by Crippen LogP contribution is -2.09. The van der Waals surface area contributed by atoms with Gasteiger partial charge in [0.1, 0.15) is 11.9 Å². The summed E-state index contributed by atoms with van der Waals surface area (Å²) in [5.74, 6) is 0.393. The Balaban J connectivity index is 0.00000106. The molecule has 1 aromatic heterocycles. The van der Waals surface area contributed by atoms with Gasteiger partial charge in [-0.1, -0.05) is 13.8 Å². The number of nitriles is 1. The molecule has 0 fully saturated rings. The quantitative estimate of drug-likeness (QED) is 0.756. The van der Waals surface area contributed by atoms with Gasteiger partial charge < -0.3 is 15.8 Å². The maximum atomic E-state index is 8.76. The molecule has 3 N–H and O–H groups in total. The lowest BCUT2D eigenvalue weighted by molar-refractivity contribution is 0.211. The van der Waals surface area contributed by atoms with Crippen LogP contribution in [0.3, 0.4) is 0 Å². The zero-order valence-electron chi connectivity index (χ0n) is 9.95. The number of nitrogen functional groups attached to an aromatic ring is 1. The Morgan fingerprint density at radius 1 is 1.56 bits per heavy atom. The number of hydrogen-bond acceptors (Lipinski definition) is 5. The van der Waals surface area contributed by atoms with Crippen molar-refractivity contribution in [3.8, 4) is 6.07 Å². The lowest BCUT2D eigenvalue weighted by Gasteiger charge is -2.07. The molecule has 0 aliphatic carbocycles. The summed E-state index contributed by atoms with van der Waals surface area (Å²) in [5, 5.41) is 11.8. The number of nitrogens with zero attached hydrogens (tertiary/aromatic N) is 2. The first kappa shape index (κ1) is 14.2. The van der Waals surface area contributed by atoms with Crippen molar-refractivity contribution in [1.29, 1.82) is 5.26 Å². The van der Waals surface area contributed by atoms with Crippen LogP contribution in [0.25, 0.3) is 0 Å². The molecule has 1 rings (SSSR count). The minimum Gasteiger partial charge on any atom is -0.384 e. The number of nitrogens with one attached hydrogen (secondary N) is 1. The van der Waals surface area contributed by atoms with Crippen molar-refractivity contribution in [3.05, 3.63) is 17.8 Å². The molecule has 0 aliphatic rings. The third-order valence-electron chi connectivity index (χ3n) is 1.67. The van der Waals surface area contributed by atoms with E-state index in [0.717, 1.165) is 0 Å². The summed E-state index contributed by atoms with van der Waals surface area (Å²) in [6.07, 6.45) is 1.45. The van der Waals surface area contributed by atoms with E-state index in [-0.39, 0.29) is 0 Å². The average molecular weight is 222 g/mol. The van der Waals surface area contributed by atoms with Crippen LogP contribution in [0, 0.1) is 11.3 Å². The number of aromatic nitrogens is 1. The van der Waals surface area contributed by atoms with Gasteiger partial charge in [-0.05, 0) is 0 Å².